The number of thioether (sulfide) groups is 1. The van der Waals surface area contributed by atoms with Gasteiger partial charge < -0.3 is 15.8 Å². The Balaban J connectivity index is 2.56. The highest BCUT2D eigenvalue weighted by Crippen LogP contribution is 2.17. The van der Waals surface area contributed by atoms with Crippen LogP contribution in [-0.2, 0) is 4.79 Å². The predicted octanol–water partition coefficient (Wildman–Crippen LogP) is 2.10. The van der Waals surface area contributed by atoms with Gasteiger partial charge in [-0.3, -0.25) is 4.79 Å². The van der Waals surface area contributed by atoms with Crippen molar-refractivity contribution in [2.45, 2.75) is 19.4 Å². The summed E-state index contributed by atoms with van der Waals surface area (Å²) >= 11 is 1.80. The lowest BCUT2D eigenvalue weighted by Gasteiger charge is -2.16. The van der Waals surface area contributed by atoms with Crippen molar-refractivity contribution in [1.29, 1.82) is 0 Å². The van der Waals surface area contributed by atoms with Gasteiger partial charge in [-0.25, -0.2) is 0 Å². The third-order valence-corrected chi connectivity index (χ3v) is 3.46. The first-order valence-electron chi connectivity index (χ1n) is 5.95. The van der Waals surface area contributed by atoms with Crippen LogP contribution in [0.2, 0.25) is 0 Å². The van der Waals surface area contributed by atoms with Crippen LogP contribution in [0.25, 0.3) is 0 Å². The van der Waals surface area contributed by atoms with Crippen LogP contribution in [0.15, 0.2) is 24.3 Å². The first-order valence-corrected chi connectivity index (χ1v) is 7.10. The number of rotatable bonds is 8. The number of hydrogen-bond acceptors (Lipinski definition) is 4. The smallest absolute Gasteiger partial charge is 0.239 e. The highest BCUT2D eigenvalue weighted by Gasteiger charge is 2.14. The minimum atomic E-state index is -0.322. The van der Waals surface area contributed by atoms with Gasteiger partial charge in [-0.05, 0) is 42.2 Å². The van der Waals surface area contributed by atoms with Gasteiger partial charge in [0.15, 0.2) is 0 Å². The van der Waals surface area contributed by atoms with Crippen LogP contribution in [0, 0.1) is 0 Å². The van der Waals surface area contributed by atoms with E-state index in [-0.39, 0.29) is 11.9 Å². The Morgan fingerprint density at radius 2 is 2.11 bits per heavy atom. The topological polar surface area (TPSA) is 64.3 Å². The number of benzene rings is 1. The second-order valence-electron chi connectivity index (χ2n) is 3.81. The van der Waals surface area contributed by atoms with Gasteiger partial charge in [-0.15, -0.1) is 0 Å². The Labute approximate surface area is 112 Å². The predicted molar refractivity (Wildman–Crippen MR) is 77.2 cm³/mol. The van der Waals surface area contributed by atoms with Gasteiger partial charge in [0.05, 0.1) is 7.11 Å². The van der Waals surface area contributed by atoms with E-state index in [2.05, 4.69) is 12.2 Å². The summed E-state index contributed by atoms with van der Waals surface area (Å²) in [6, 6.07) is 7.13. The maximum atomic E-state index is 11.3. The normalized spacial score (nSPS) is 11.9. The molecule has 1 unspecified atom stereocenters. The number of amides is 1. The number of nitrogens with one attached hydrogen (secondary N) is 1. The summed E-state index contributed by atoms with van der Waals surface area (Å²) in [6.45, 7) is 2.10. The van der Waals surface area contributed by atoms with Gasteiger partial charge in [0.2, 0.25) is 5.91 Å². The van der Waals surface area contributed by atoms with Crippen molar-refractivity contribution >= 4 is 23.4 Å². The number of ether oxygens (including phenoxy) is 1. The fourth-order valence-electron chi connectivity index (χ4n) is 1.52. The Hall–Kier alpha value is -1.36. The molecule has 0 aliphatic carbocycles. The largest absolute Gasteiger partial charge is 0.497 e. The molecule has 0 heterocycles. The maximum absolute atomic E-state index is 11.3. The van der Waals surface area contributed by atoms with Crippen molar-refractivity contribution in [3.8, 4) is 5.75 Å². The lowest BCUT2D eigenvalue weighted by Crippen LogP contribution is -2.35. The quantitative estimate of drug-likeness (QED) is 0.709. The van der Waals surface area contributed by atoms with E-state index in [9.17, 15) is 4.79 Å². The van der Waals surface area contributed by atoms with Crippen LogP contribution in [0.1, 0.15) is 13.3 Å². The molecule has 100 valence electrons. The average molecular weight is 268 g/mol. The fourth-order valence-corrected chi connectivity index (χ4v) is 2.21. The minimum Gasteiger partial charge on any atom is -0.497 e. The molecule has 4 nitrogen and oxygen atoms in total. The van der Waals surface area contributed by atoms with E-state index in [4.69, 9.17) is 10.5 Å². The van der Waals surface area contributed by atoms with Gasteiger partial charge in [0.1, 0.15) is 11.8 Å². The van der Waals surface area contributed by atoms with Crippen molar-refractivity contribution in [1.82, 2.24) is 0 Å². The molecule has 0 aliphatic rings. The number of primary amides is 1. The molecule has 0 aliphatic heterocycles. The molecule has 0 aromatic heterocycles. The highest BCUT2D eigenvalue weighted by molar-refractivity contribution is 7.99. The number of anilines is 1. The Bertz CT molecular complexity index is 368. The van der Waals surface area contributed by atoms with Crippen molar-refractivity contribution in [3.05, 3.63) is 24.3 Å². The van der Waals surface area contributed by atoms with E-state index in [1.54, 1.807) is 18.9 Å². The number of methoxy groups -OCH3 is 1. The average Bonchev–Trinajstić information content (AvgIpc) is 2.38. The zero-order valence-corrected chi connectivity index (χ0v) is 11.6. The van der Waals surface area contributed by atoms with Crippen molar-refractivity contribution in [3.63, 3.8) is 0 Å². The van der Waals surface area contributed by atoms with Crippen molar-refractivity contribution in [2.24, 2.45) is 5.73 Å². The third kappa shape index (κ3) is 4.87. The van der Waals surface area contributed by atoms with Gasteiger partial charge in [-0.2, -0.15) is 11.8 Å². The number of nitrogens with two attached hydrogens (primary N) is 1. The molecule has 3 N–H and O–H groups in total. The molecule has 5 heteroatoms. The standard InChI is InChI=1S/C13H20N2O2S/c1-3-18-9-8-12(13(14)16)15-10-4-6-11(17-2)7-5-10/h4-7,12,15H,3,8-9H2,1-2H3,(H2,14,16). The molecule has 0 fully saturated rings. The van der Waals surface area contributed by atoms with E-state index in [1.807, 2.05) is 24.3 Å². The summed E-state index contributed by atoms with van der Waals surface area (Å²) in [5.74, 6) is 2.45. The molecule has 1 atom stereocenters. The Morgan fingerprint density at radius 1 is 1.44 bits per heavy atom. The first kappa shape index (κ1) is 14.7. The molecule has 0 saturated heterocycles. The SMILES string of the molecule is CCSCCC(Nc1ccc(OC)cc1)C(N)=O. The Kier molecular flexibility index (Phi) is 6.43. The lowest BCUT2D eigenvalue weighted by molar-refractivity contribution is -0.118. The fraction of sp³-hybridized carbons (Fsp3) is 0.462. The van der Waals surface area contributed by atoms with Gasteiger partial charge in [0, 0.05) is 5.69 Å². The molecule has 18 heavy (non-hydrogen) atoms. The molecule has 1 rings (SSSR count). The molecule has 0 bridgehead atoms. The zero-order chi connectivity index (χ0) is 13.4. The molecular formula is C13H20N2O2S. The number of carbonyl (C=O) groups is 1. The van der Waals surface area contributed by atoms with E-state index in [0.29, 0.717) is 0 Å². The van der Waals surface area contributed by atoms with Gasteiger partial charge >= 0.3 is 0 Å². The minimum absolute atomic E-state index is 0.317. The monoisotopic (exact) mass is 268 g/mol. The second kappa shape index (κ2) is 7.87. The molecule has 1 aromatic carbocycles. The van der Waals surface area contributed by atoms with Crippen LogP contribution < -0.4 is 15.8 Å². The van der Waals surface area contributed by atoms with Crippen LogP contribution in [0.4, 0.5) is 5.69 Å². The zero-order valence-electron chi connectivity index (χ0n) is 10.8. The maximum Gasteiger partial charge on any atom is 0.239 e. The summed E-state index contributed by atoms with van der Waals surface area (Å²) < 4.78 is 5.08. The van der Waals surface area contributed by atoms with Gasteiger partial charge in [0.25, 0.3) is 0 Å². The summed E-state index contributed by atoms with van der Waals surface area (Å²) in [5, 5.41) is 3.15. The first-order chi connectivity index (χ1) is 8.67. The van der Waals surface area contributed by atoms with E-state index in [1.165, 1.54) is 0 Å². The lowest BCUT2D eigenvalue weighted by atomic mass is 10.2. The highest BCUT2D eigenvalue weighted by atomic mass is 32.2. The molecule has 0 saturated carbocycles. The van der Waals surface area contributed by atoms with E-state index >= 15 is 0 Å². The van der Waals surface area contributed by atoms with E-state index < -0.39 is 0 Å². The van der Waals surface area contributed by atoms with Crippen LogP contribution in [0.5, 0.6) is 5.75 Å². The van der Waals surface area contributed by atoms with E-state index in [0.717, 1.165) is 29.4 Å². The van der Waals surface area contributed by atoms with Crippen molar-refractivity contribution < 1.29 is 9.53 Å². The third-order valence-electron chi connectivity index (χ3n) is 2.53. The Morgan fingerprint density at radius 3 is 2.61 bits per heavy atom. The van der Waals surface area contributed by atoms with Crippen molar-refractivity contribution in [2.75, 3.05) is 23.9 Å². The summed E-state index contributed by atoms with van der Waals surface area (Å²) in [7, 11) is 1.62. The second-order valence-corrected chi connectivity index (χ2v) is 5.21. The van der Waals surface area contributed by atoms with Gasteiger partial charge in [-0.1, -0.05) is 6.92 Å². The van der Waals surface area contributed by atoms with Crippen LogP contribution in [0.3, 0.4) is 0 Å². The molecule has 1 aromatic rings. The molecule has 0 radical (unpaired) electrons. The molecule has 1 amide bonds. The molecule has 0 spiro atoms. The number of hydrogen-bond donors (Lipinski definition) is 2. The number of carbonyl (C=O) groups excluding carboxylic acids is 1. The summed E-state index contributed by atoms with van der Waals surface area (Å²) in [4.78, 5) is 11.3. The molecular weight excluding hydrogens is 248 g/mol. The van der Waals surface area contributed by atoms with Crippen LogP contribution >= 0.6 is 11.8 Å². The van der Waals surface area contributed by atoms with Crippen LogP contribution in [-0.4, -0.2) is 30.6 Å². The summed E-state index contributed by atoms with van der Waals surface area (Å²) in [6.07, 6.45) is 0.736. The summed E-state index contributed by atoms with van der Waals surface area (Å²) in [5.41, 5.74) is 6.26.